The van der Waals surface area contributed by atoms with E-state index in [0.29, 0.717) is 40.0 Å². The van der Waals surface area contributed by atoms with Crippen LogP contribution < -0.4 is 14.2 Å². The Balaban J connectivity index is 1.57. The molecule has 2 aliphatic heterocycles. The molecule has 9 heteroatoms. The number of nitrogens with zero attached hydrogens (tertiary/aromatic N) is 1. The van der Waals surface area contributed by atoms with Crippen molar-refractivity contribution in [2.75, 3.05) is 13.4 Å². The van der Waals surface area contributed by atoms with Gasteiger partial charge in [0.25, 0.3) is 11.1 Å². The van der Waals surface area contributed by atoms with Crippen LogP contribution in [-0.2, 0) is 11.3 Å². The molecule has 29 heavy (non-hydrogen) atoms. The first-order chi connectivity index (χ1) is 14.0. The lowest BCUT2D eigenvalue weighted by atomic mass is 10.1. The van der Waals surface area contributed by atoms with Gasteiger partial charge in [-0.2, -0.15) is 0 Å². The van der Waals surface area contributed by atoms with Crippen molar-refractivity contribution < 1.29 is 28.9 Å². The number of rotatable bonds is 5. The Labute approximate surface area is 175 Å². The van der Waals surface area contributed by atoms with Crippen molar-refractivity contribution in [2.24, 2.45) is 0 Å². The van der Waals surface area contributed by atoms with Gasteiger partial charge in [0, 0.05) is 11.1 Å². The van der Waals surface area contributed by atoms with Crippen LogP contribution in [0.5, 0.6) is 23.0 Å². The summed E-state index contributed by atoms with van der Waals surface area (Å²) in [6, 6.07) is 8.02. The van der Waals surface area contributed by atoms with Crippen molar-refractivity contribution in [3.63, 3.8) is 0 Å². The van der Waals surface area contributed by atoms with Crippen molar-refractivity contribution in [1.82, 2.24) is 4.90 Å². The van der Waals surface area contributed by atoms with E-state index < -0.39 is 11.1 Å². The number of hydrogen-bond donors (Lipinski definition) is 1. The smallest absolute Gasteiger partial charge is 0.293 e. The molecule has 1 saturated heterocycles. The number of hydrogen-bond acceptors (Lipinski definition) is 7. The molecule has 4 rings (SSSR count). The lowest BCUT2D eigenvalue weighted by Crippen LogP contribution is -2.27. The molecule has 2 aliphatic rings. The molecule has 1 fully saturated rings. The third kappa shape index (κ3) is 3.86. The normalized spacial score (nSPS) is 16.8. The van der Waals surface area contributed by atoms with Crippen LogP contribution in [0.15, 0.2) is 35.2 Å². The second-order valence-electron chi connectivity index (χ2n) is 6.22. The monoisotopic (exact) mass is 433 g/mol. The van der Waals surface area contributed by atoms with Gasteiger partial charge in [0.05, 0.1) is 18.1 Å². The predicted octanol–water partition coefficient (Wildman–Crippen LogP) is 4.41. The molecule has 150 valence electrons. The lowest BCUT2D eigenvalue weighted by Gasteiger charge is -2.14. The summed E-state index contributed by atoms with van der Waals surface area (Å²) in [5.74, 6) is 0.964. The highest BCUT2D eigenvalue weighted by molar-refractivity contribution is 8.18. The van der Waals surface area contributed by atoms with Crippen LogP contribution in [0.1, 0.15) is 18.1 Å². The van der Waals surface area contributed by atoms with Crippen molar-refractivity contribution >= 4 is 40.6 Å². The summed E-state index contributed by atoms with van der Waals surface area (Å²) in [6.07, 6.45) is 1.59. The molecule has 0 radical (unpaired) electrons. The fourth-order valence-corrected chi connectivity index (χ4v) is 3.98. The van der Waals surface area contributed by atoms with E-state index in [0.717, 1.165) is 16.7 Å². The molecule has 0 atom stereocenters. The lowest BCUT2D eigenvalue weighted by molar-refractivity contribution is -0.123. The molecule has 7 nitrogen and oxygen atoms in total. The Morgan fingerprint density at radius 3 is 2.76 bits per heavy atom. The Kier molecular flexibility index (Phi) is 5.29. The number of ether oxygens (including phenoxy) is 3. The molecule has 0 spiro atoms. The minimum absolute atomic E-state index is 0.00885. The highest BCUT2D eigenvalue weighted by Crippen LogP contribution is 2.39. The fraction of sp³-hybridized carbons (Fsp3) is 0.200. The number of aromatic hydroxyl groups is 1. The first kappa shape index (κ1) is 19.5. The van der Waals surface area contributed by atoms with Crippen LogP contribution >= 0.6 is 23.4 Å². The number of carbonyl (C=O) groups excluding carboxylic acids is 2. The summed E-state index contributed by atoms with van der Waals surface area (Å²) in [4.78, 5) is 26.6. The molecule has 2 aromatic rings. The van der Waals surface area contributed by atoms with Gasteiger partial charge in [-0.1, -0.05) is 17.7 Å². The average Bonchev–Trinajstić information content (AvgIpc) is 3.24. The van der Waals surface area contributed by atoms with E-state index in [1.54, 1.807) is 37.3 Å². The van der Waals surface area contributed by atoms with Crippen LogP contribution in [0.2, 0.25) is 5.02 Å². The fourth-order valence-electron chi connectivity index (χ4n) is 2.93. The highest BCUT2D eigenvalue weighted by atomic mass is 35.5. The number of carbonyl (C=O) groups is 2. The predicted molar refractivity (Wildman–Crippen MR) is 108 cm³/mol. The molecule has 0 saturated carbocycles. The minimum Gasteiger partial charge on any atom is -0.504 e. The molecule has 0 aromatic heterocycles. The van der Waals surface area contributed by atoms with E-state index in [-0.39, 0.29) is 24.0 Å². The van der Waals surface area contributed by atoms with Crippen LogP contribution in [0.4, 0.5) is 4.79 Å². The van der Waals surface area contributed by atoms with Gasteiger partial charge < -0.3 is 19.3 Å². The second kappa shape index (κ2) is 7.88. The van der Waals surface area contributed by atoms with Crippen LogP contribution in [-0.4, -0.2) is 34.6 Å². The summed E-state index contributed by atoms with van der Waals surface area (Å²) in [5, 5.41) is 9.80. The number of imide groups is 1. The molecule has 0 aliphatic carbocycles. The largest absolute Gasteiger partial charge is 0.504 e. The van der Waals surface area contributed by atoms with E-state index in [1.807, 2.05) is 0 Å². The highest BCUT2D eigenvalue weighted by Gasteiger charge is 2.35. The van der Waals surface area contributed by atoms with Crippen LogP contribution in [0.3, 0.4) is 0 Å². The average molecular weight is 434 g/mol. The maximum Gasteiger partial charge on any atom is 0.293 e. The second-order valence-corrected chi connectivity index (χ2v) is 7.63. The Morgan fingerprint density at radius 2 is 2.00 bits per heavy atom. The summed E-state index contributed by atoms with van der Waals surface area (Å²) >= 11 is 7.11. The summed E-state index contributed by atoms with van der Waals surface area (Å²) < 4.78 is 16.0. The number of thioether (sulfide) groups is 1. The van der Waals surface area contributed by atoms with Gasteiger partial charge in [0.1, 0.15) is 0 Å². The van der Waals surface area contributed by atoms with Crippen molar-refractivity contribution in [3.8, 4) is 23.0 Å². The van der Waals surface area contributed by atoms with E-state index in [1.165, 1.54) is 6.07 Å². The number of fused-ring (bicyclic) bond motifs is 1. The summed E-state index contributed by atoms with van der Waals surface area (Å²) in [5.41, 5.74) is 1.22. The van der Waals surface area contributed by atoms with E-state index >= 15 is 0 Å². The molecular weight excluding hydrogens is 418 g/mol. The van der Waals surface area contributed by atoms with Crippen LogP contribution in [0, 0.1) is 0 Å². The zero-order chi connectivity index (χ0) is 20.5. The zero-order valence-corrected chi connectivity index (χ0v) is 16.9. The third-order valence-electron chi connectivity index (χ3n) is 4.33. The van der Waals surface area contributed by atoms with Gasteiger partial charge in [0.15, 0.2) is 23.0 Å². The standard InChI is InChI=1S/C20H16ClNO6S/c1-2-26-15-5-11(3-4-14(15)23)6-18-19(24)22(20(25)29-18)9-12-7-16-17(8-13(12)21)28-10-27-16/h3-8,23H,2,9-10H2,1H3/b18-6+. The first-order valence-electron chi connectivity index (χ1n) is 8.75. The zero-order valence-electron chi connectivity index (χ0n) is 15.3. The van der Waals surface area contributed by atoms with Crippen molar-refractivity contribution in [2.45, 2.75) is 13.5 Å². The van der Waals surface area contributed by atoms with E-state index in [4.69, 9.17) is 25.8 Å². The topological polar surface area (TPSA) is 85.3 Å². The minimum atomic E-state index is -0.417. The third-order valence-corrected chi connectivity index (χ3v) is 5.58. The van der Waals surface area contributed by atoms with Gasteiger partial charge in [-0.05, 0) is 54.1 Å². The molecule has 2 amide bonds. The van der Waals surface area contributed by atoms with Gasteiger partial charge in [-0.25, -0.2) is 0 Å². The number of benzene rings is 2. The Morgan fingerprint density at radius 1 is 1.24 bits per heavy atom. The molecule has 2 heterocycles. The maximum atomic E-state index is 12.8. The quantitative estimate of drug-likeness (QED) is 0.699. The van der Waals surface area contributed by atoms with Crippen LogP contribution in [0.25, 0.3) is 6.08 Å². The van der Waals surface area contributed by atoms with Gasteiger partial charge in [-0.15, -0.1) is 0 Å². The maximum absolute atomic E-state index is 12.8. The van der Waals surface area contributed by atoms with Gasteiger partial charge in [0.2, 0.25) is 6.79 Å². The Hall–Kier alpha value is -2.84. The van der Waals surface area contributed by atoms with E-state index in [9.17, 15) is 14.7 Å². The van der Waals surface area contributed by atoms with E-state index in [2.05, 4.69) is 0 Å². The summed E-state index contributed by atoms with van der Waals surface area (Å²) in [6.45, 7) is 2.33. The van der Waals surface area contributed by atoms with Crippen molar-refractivity contribution in [1.29, 1.82) is 0 Å². The molecular formula is C20H16ClNO6S. The van der Waals surface area contributed by atoms with Gasteiger partial charge >= 0.3 is 0 Å². The first-order valence-corrected chi connectivity index (χ1v) is 9.95. The molecule has 2 aromatic carbocycles. The molecule has 1 N–H and O–H groups in total. The number of phenolic OH excluding ortho intramolecular Hbond substituents is 1. The summed E-state index contributed by atoms with van der Waals surface area (Å²) in [7, 11) is 0. The Bertz CT molecular complexity index is 1040. The number of halogens is 1. The van der Waals surface area contributed by atoms with Gasteiger partial charge in [-0.3, -0.25) is 14.5 Å². The SMILES string of the molecule is CCOc1cc(/C=C2/SC(=O)N(Cc3cc4c(cc3Cl)OCO4)C2=O)ccc1O. The molecule has 0 bridgehead atoms. The van der Waals surface area contributed by atoms with Crippen molar-refractivity contribution in [3.05, 3.63) is 51.4 Å². The molecule has 0 unspecified atom stereocenters. The number of amides is 2. The number of phenols is 1.